The number of rotatable bonds is 8. The molecule has 220 valence electrons. The topological polar surface area (TPSA) is 100 Å². The van der Waals surface area contributed by atoms with Gasteiger partial charge in [0.05, 0.1) is 23.9 Å². The summed E-state index contributed by atoms with van der Waals surface area (Å²) in [6.07, 6.45) is 8.45. The smallest absolute Gasteiger partial charge is 0.254 e. The SMILES string of the molecule is COc1cc(C(=O)N2C[C@H]3CC[C@@H]2[C@@H]3N)cc2nc(-c3cc4cccnc4n3CC3CC3)n(CC3CC(C)(OC)C3)c12. The van der Waals surface area contributed by atoms with Crippen molar-refractivity contribution in [1.82, 2.24) is 24.0 Å². The maximum atomic E-state index is 13.8. The van der Waals surface area contributed by atoms with Crippen LogP contribution in [0.4, 0.5) is 0 Å². The third kappa shape index (κ3) is 4.07. The molecule has 1 amide bonds. The molecule has 0 radical (unpaired) electrons. The summed E-state index contributed by atoms with van der Waals surface area (Å²) in [5.74, 6) is 3.14. The summed E-state index contributed by atoms with van der Waals surface area (Å²) in [4.78, 5) is 25.9. The van der Waals surface area contributed by atoms with E-state index in [2.05, 4.69) is 28.2 Å². The Labute approximate surface area is 246 Å². The number of carbonyl (C=O) groups excluding carboxylic acids is 1. The quantitative estimate of drug-likeness (QED) is 0.326. The van der Waals surface area contributed by atoms with Gasteiger partial charge in [-0.15, -0.1) is 0 Å². The highest BCUT2D eigenvalue weighted by atomic mass is 16.5. The van der Waals surface area contributed by atoms with Gasteiger partial charge in [0.25, 0.3) is 5.91 Å². The maximum absolute atomic E-state index is 13.8. The molecule has 1 aromatic carbocycles. The highest BCUT2D eigenvalue weighted by molar-refractivity contribution is 6.00. The fourth-order valence-electron chi connectivity index (χ4n) is 8.06. The van der Waals surface area contributed by atoms with Gasteiger partial charge in [0.2, 0.25) is 0 Å². The van der Waals surface area contributed by atoms with E-state index in [1.807, 2.05) is 29.3 Å². The minimum Gasteiger partial charge on any atom is -0.494 e. The third-order valence-corrected chi connectivity index (χ3v) is 10.6. The van der Waals surface area contributed by atoms with Crippen LogP contribution in [0.1, 0.15) is 55.8 Å². The van der Waals surface area contributed by atoms with E-state index in [-0.39, 0.29) is 23.6 Å². The van der Waals surface area contributed by atoms with Gasteiger partial charge in [-0.1, -0.05) is 0 Å². The van der Waals surface area contributed by atoms with Crippen LogP contribution in [0.2, 0.25) is 0 Å². The number of likely N-dealkylation sites (tertiary alicyclic amines) is 1. The fourth-order valence-corrected chi connectivity index (χ4v) is 8.06. The number of hydrogen-bond acceptors (Lipinski definition) is 6. The van der Waals surface area contributed by atoms with E-state index in [1.165, 1.54) is 12.8 Å². The molecule has 8 rings (SSSR count). The number of hydrogen-bond donors (Lipinski definition) is 1. The zero-order valence-corrected chi connectivity index (χ0v) is 24.8. The second-order valence-electron chi connectivity index (χ2n) is 13.5. The Morgan fingerprint density at radius 3 is 2.57 bits per heavy atom. The van der Waals surface area contributed by atoms with Crippen molar-refractivity contribution >= 4 is 28.0 Å². The van der Waals surface area contributed by atoms with E-state index in [9.17, 15) is 4.79 Å². The third-order valence-electron chi connectivity index (χ3n) is 10.6. The highest BCUT2D eigenvalue weighted by Crippen LogP contribution is 2.44. The number of piperidine rings is 1. The van der Waals surface area contributed by atoms with E-state index >= 15 is 0 Å². The van der Waals surface area contributed by atoms with Crippen molar-refractivity contribution in [2.75, 3.05) is 20.8 Å². The molecule has 0 spiro atoms. The van der Waals surface area contributed by atoms with Crippen LogP contribution in [-0.4, -0.2) is 68.4 Å². The maximum Gasteiger partial charge on any atom is 0.254 e. The molecule has 4 aliphatic rings. The van der Waals surface area contributed by atoms with Gasteiger partial charge < -0.3 is 29.2 Å². The van der Waals surface area contributed by atoms with E-state index in [0.29, 0.717) is 29.1 Å². The van der Waals surface area contributed by atoms with Gasteiger partial charge in [0, 0.05) is 56.0 Å². The minimum absolute atomic E-state index is 0.0239. The number of fused-ring (bicyclic) bond motifs is 4. The van der Waals surface area contributed by atoms with Crippen molar-refractivity contribution in [3.63, 3.8) is 0 Å². The molecule has 9 heteroatoms. The number of nitrogens with two attached hydrogens (primary N) is 1. The molecule has 3 aliphatic carbocycles. The summed E-state index contributed by atoms with van der Waals surface area (Å²) in [7, 11) is 3.49. The number of carbonyl (C=O) groups is 1. The molecule has 4 aromatic rings. The molecule has 4 heterocycles. The largest absolute Gasteiger partial charge is 0.494 e. The lowest BCUT2D eigenvalue weighted by atomic mass is 9.72. The Morgan fingerprint density at radius 2 is 1.88 bits per heavy atom. The first kappa shape index (κ1) is 26.2. The zero-order valence-electron chi connectivity index (χ0n) is 24.8. The monoisotopic (exact) mass is 568 g/mol. The van der Waals surface area contributed by atoms with E-state index < -0.39 is 0 Å². The van der Waals surface area contributed by atoms with Crippen LogP contribution >= 0.6 is 0 Å². The molecule has 3 aromatic heterocycles. The molecular weight excluding hydrogens is 528 g/mol. The molecule has 1 saturated heterocycles. The molecule has 2 bridgehead atoms. The molecule has 42 heavy (non-hydrogen) atoms. The number of imidazole rings is 1. The highest BCUT2D eigenvalue weighted by Gasteiger charge is 2.47. The average molecular weight is 569 g/mol. The van der Waals surface area contributed by atoms with Gasteiger partial charge in [-0.3, -0.25) is 4.79 Å². The molecule has 0 unspecified atom stereocenters. The zero-order chi connectivity index (χ0) is 28.7. The molecule has 1 aliphatic heterocycles. The van der Waals surface area contributed by atoms with Crippen LogP contribution in [-0.2, 0) is 17.8 Å². The van der Waals surface area contributed by atoms with Crippen LogP contribution in [0.5, 0.6) is 5.75 Å². The lowest BCUT2D eigenvalue weighted by Crippen LogP contribution is -2.44. The number of methoxy groups -OCH3 is 2. The van der Waals surface area contributed by atoms with Crippen LogP contribution in [0, 0.1) is 17.8 Å². The second kappa shape index (κ2) is 9.54. The number of benzene rings is 1. The standard InChI is InChI=1S/C33H40N6O3/c1-33(42-3)14-20(15-33)17-39-29-24(11-23(13-27(29)41-2)32(40)38-18-22-8-9-25(38)28(22)34)36-31(39)26-12-21-5-4-10-35-30(21)37(26)16-19-6-7-19/h4-5,10-13,19-20,22,25,28H,6-9,14-18,34H2,1-3H3/t20?,22-,25-,28-,33?/m1/s1. The van der Waals surface area contributed by atoms with E-state index in [4.69, 9.17) is 25.2 Å². The summed E-state index contributed by atoms with van der Waals surface area (Å²) in [5.41, 5.74) is 10.8. The Morgan fingerprint density at radius 1 is 1.07 bits per heavy atom. The lowest BCUT2D eigenvalue weighted by molar-refractivity contribution is -0.0937. The van der Waals surface area contributed by atoms with Gasteiger partial charge in [-0.2, -0.15) is 0 Å². The Bertz CT molecular complexity index is 1700. The van der Waals surface area contributed by atoms with Crippen LogP contribution in [0.15, 0.2) is 36.5 Å². The average Bonchev–Trinajstić information content (AvgIpc) is 3.35. The predicted molar refractivity (Wildman–Crippen MR) is 161 cm³/mol. The molecule has 3 saturated carbocycles. The fraction of sp³-hybridized carbons (Fsp3) is 0.545. The van der Waals surface area contributed by atoms with Gasteiger partial charge in [0.1, 0.15) is 16.9 Å². The molecular formula is C33H40N6O3. The van der Waals surface area contributed by atoms with E-state index in [1.54, 1.807) is 14.2 Å². The molecule has 3 atom stereocenters. The number of ether oxygens (including phenoxy) is 2. The summed E-state index contributed by atoms with van der Waals surface area (Å²) >= 11 is 0. The van der Waals surface area contributed by atoms with Crippen molar-refractivity contribution in [2.45, 2.75) is 76.2 Å². The second-order valence-corrected chi connectivity index (χ2v) is 13.5. The first-order valence-corrected chi connectivity index (χ1v) is 15.5. The van der Waals surface area contributed by atoms with Crippen molar-refractivity contribution in [1.29, 1.82) is 0 Å². The van der Waals surface area contributed by atoms with Crippen molar-refractivity contribution in [3.8, 4) is 17.3 Å². The summed E-state index contributed by atoms with van der Waals surface area (Å²) in [5, 5.41) is 1.12. The lowest BCUT2D eigenvalue weighted by Gasteiger charge is -2.44. The van der Waals surface area contributed by atoms with Crippen LogP contribution in [0.25, 0.3) is 33.6 Å². The van der Waals surface area contributed by atoms with Crippen LogP contribution in [0.3, 0.4) is 0 Å². The number of pyridine rings is 1. The first-order valence-electron chi connectivity index (χ1n) is 15.5. The Hall–Kier alpha value is -3.43. The summed E-state index contributed by atoms with van der Waals surface area (Å²) in [6, 6.07) is 10.4. The van der Waals surface area contributed by atoms with Crippen molar-refractivity contribution < 1.29 is 14.3 Å². The molecule has 2 N–H and O–H groups in total. The first-order chi connectivity index (χ1) is 20.4. The predicted octanol–water partition coefficient (Wildman–Crippen LogP) is 4.85. The van der Waals surface area contributed by atoms with Crippen LogP contribution < -0.4 is 10.5 Å². The summed E-state index contributed by atoms with van der Waals surface area (Å²) in [6.45, 7) is 4.66. The number of aromatic nitrogens is 4. The summed E-state index contributed by atoms with van der Waals surface area (Å²) < 4.78 is 16.5. The van der Waals surface area contributed by atoms with Gasteiger partial charge in [-0.25, -0.2) is 9.97 Å². The Balaban J connectivity index is 1.27. The van der Waals surface area contributed by atoms with Crippen molar-refractivity contribution in [3.05, 3.63) is 42.1 Å². The van der Waals surface area contributed by atoms with Gasteiger partial charge in [-0.05, 0) is 93.5 Å². The minimum atomic E-state index is -0.0777. The van der Waals surface area contributed by atoms with Gasteiger partial charge in [0.15, 0.2) is 5.82 Å². The molecule has 4 fully saturated rings. The normalized spacial score (nSPS) is 28.6. The van der Waals surface area contributed by atoms with Crippen molar-refractivity contribution in [2.24, 2.45) is 23.5 Å². The number of nitrogens with zero attached hydrogens (tertiary/aromatic N) is 5. The number of amides is 1. The van der Waals surface area contributed by atoms with E-state index in [0.717, 1.165) is 78.9 Å². The van der Waals surface area contributed by atoms with Gasteiger partial charge >= 0.3 is 0 Å². The Kier molecular flexibility index (Phi) is 5.96. The molecule has 9 nitrogen and oxygen atoms in total.